The fourth-order valence-corrected chi connectivity index (χ4v) is 4.45. The Bertz CT molecular complexity index is 613. The zero-order valence-corrected chi connectivity index (χ0v) is 13.5. The van der Waals surface area contributed by atoms with Crippen LogP contribution in [-0.4, -0.2) is 25.0 Å². The van der Waals surface area contributed by atoms with Crippen molar-refractivity contribution in [2.24, 2.45) is 5.92 Å². The Morgan fingerprint density at radius 2 is 1.50 bits per heavy atom. The summed E-state index contributed by atoms with van der Waals surface area (Å²) in [7, 11) is 2.26. The van der Waals surface area contributed by atoms with Crippen LogP contribution in [0.3, 0.4) is 0 Å². The van der Waals surface area contributed by atoms with Crippen LogP contribution in [0.2, 0.25) is 0 Å². The molecule has 2 aromatic carbocycles. The van der Waals surface area contributed by atoms with Crippen molar-refractivity contribution in [3.8, 4) is 0 Å². The van der Waals surface area contributed by atoms with Gasteiger partial charge in [-0.3, -0.25) is 0 Å². The first kappa shape index (κ1) is 14.0. The van der Waals surface area contributed by atoms with Crippen LogP contribution < -0.4 is 0 Å². The number of nitrogens with zero attached hydrogens (tertiary/aromatic N) is 1. The summed E-state index contributed by atoms with van der Waals surface area (Å²) in [4.78, 5) is 2.49. The molecule has 1 unspecified atom stereocenters. The number of rotatable bonds is 2. The monoisotopic (exact) mass is 291 g/mol. The van der Waals surface area contributed by atoms with Crippen LogP contribution >= 0.6 is 0 Å². The first-order valence-corrected chi connectivity index (χ1v) is 8.65. The van der Waals surface area contributed by atoms with Gasteiger partial charge in [-0.05, 0) is 67.4 Å². The lowest BCUT2D eigenvalue weighted by atomic mass is 9.81. The number of hydrogen-bond acceptors (Lipinski definition) is 1. The Kier molecular flexibility index (Phi) is 3.75. The highest BCUT2D eigenvalue weighted by Gasteiger charge is 2.28. The van der Waals surface area contributed by atoms with E-state index in [2.05, 4.69) is 60.5 Å². The standard InChI is InChI=1S/C21H25N/c1-22-13-12-16(15-22)14-21-19-8-4-2-6-17(19)10-11-18-7-3-5-9-20(18)21/h2-9,16,21H,10-15H2,1H3. The van der Waals surface area contributed by atoms with E-state index in [4.69, 9.17) is 0 Å². The van der Waals surface area contributed by atoms with Crippen LogP contribution in [-0.2, 0) is 12.8 Å². The van der Waals surface area contributed by atoms with Crippen LogP contribution in [0, 0.1) is 5.92 Å². The van der Waals surface area contributed by atoms with Crippen molar-refractivity contribution in [3.05, 3.63) is 70.8 Å². The van der Waals surface area contributed by atoms with Gasteiger partial charge < -0.3 is 4.90 Å². The summed E-state index contributed by atoms with van der Waals surface area (Å²) in [6, 6.07) is 18.3. The summed E-state index contributed by atoms with van der Waals surface area (Å²) in [6.07, 6.45) is 5.04. The Hall–Kier alpha value is -1.60. The maximum absolute atomic E-state index is 2.49. The summed E-state index contributed by atoms with van der Waals surface area (Å²) in [5.74, 6) is 1.43. The number of likely N-dealkylation sites (tertiary alicyclic amines) is 1. The predicted molar refractivity (Wildman–Crippen MR) is 92.4 cm³/mol. The van der Waals surface area contributed by atoms with Gasteiger partial charge in [-0.15, -0.1) is 0 Å². The highest BCUT2D eigenvalue weighted by molar-refractivity contribution is 5.44. The van der Waals surface area contributed by atoms with Crippen LogP contribution in [0.4, 0.5) is 0 Å². The van der Waals surface area contributed by atoms with Crippen LogP contribution in [0.15, 0.2) is 48.5 Å². The summed E-state index contributed by atoms with van der Waals surface area (Å²) in [6.45, 7) is 2.53. The molecule has 1 saturated heterocycles. The molecule has 1 nitrogen and oxygen atoms in total. The molecule has 1 atom stereocenters. The first-order chi connectivity index (χ1) is 10.8. The van der Waals surface area contributed by atoms with E-state index in [1.807, 2.05) is 0 Å². The second-order valence-corrected chi connectivity index (χ2v) is 7.10. The number of aryl methyl sites for hydroxylation is 2. The SMILES string of the molecule is CN1CCC(CC2c3ccccc3CCc3ccccc32)C1. The van der Waals surface area contributed by atoms with Gasteiger partial charge in [-0.2, -0.15) is 0 Å². The summed E-state index contributed by atoms with van der Waals surface area (Å²) < 4.78 is 0. The lowest BCUT2D eigenvalue weighted by Crippen LogP contribution is -2.16. The molecule has 1 aliphatic heterocycles. The van der Waals surface area contributed by atoms with Crippen LogP contribution in [0.1, 0.15) is 41.0 Å². The third-order valence-electron chi connectivity index (χ3n) is 5.58. The average Bonchev–Trinajstić information content (AvgIpc) is 2.89. The molecule has 2 aliphatic rings. The first-order valence-electron chi connectivity index (χ1n) is 8.65. The normalized spacial score (nSPS) is 22.1. The molecule has 1 heteroatoms. The molecular formula is C21H25N. The van der Waals surface area contributed by atoms with E-state index in [0.717, 1.165) is 5.92 Å². The van der Waals surface area contributed by atoms with E-state index in [1.54, 1.807) is 22.3 Å². The Balaban J connectivity index is 1.74. The fourth-order valence-electron chi connectivity index (χ4n) is 4.45. The molecule has 1 aliphatic carbocycles. The molecule has 1 fully saturated rings. The molecule has 4 rings (SSSR count). The molecule has 114 valence electrons. The van der Waals surface area contributed by atoms with Gasteiger partial charge in [-0.25, -0.2) is 0 Å². The van der Waals surface area contributed by atoms with Gasteiger partial charge in [0, 0.05) is 12.5 Å². The molecule has 0 radical (unpaired) electrons. The van der Waals surface area contributed by atoms with Gasteiger partial charge in [0.1, 0.15) is 0 Å². The lowest BCUT2D eigenvalue weighted by Gasteiger charge is -2.23. The van der Waals surface area contributed by atoms with Crippen LogP contribution in [0.25, 0.3) is 0 Å². The van der Waals surface area contributed by atoms with Crippen molar-refractivity contribution in [2.75, 3.05) is 20.1 Å². The van der Waals surface area contributed by atoms with Gasteiger partial charge in [0.2, 0.25) is 0 Å². The Labute approximate surface area is 134 Å². The van der Waals surface area contributed by atoms with Crippen molar-refractivity contribution >= 4 is 0 Å². The highest BCUT2D eigenvalue weighted by Crippen LogP contribution is 2.39. The molecule has 0 N–H and O–H groups in total. The maximum atomic E-state index is 2.49. The van der Waals surface area contributed by atoms with Crippen molar-refractivity contribution in [1.29, 1.82) is 0 Å². The summed E-state index contributed by atoms with van der Waals surface area (Å²) >= 11 is 0. The van der Waals surface area contributed by atoms with Gasteiger partial charge >= 0.3 is 0 Å². The minimum absolute atomic E-state index is 0.589. The number of benzene rings is 2. The van der Waals surface area contributed by atoms with Crippen molar-refractivity contribution in [2.45, 2.75) is 31.6 Å². The van der Waals surface area contributed by atoms with Crippen molar-refractivity contribution in [1.82, 2.24) is 4.90 Å². The van der Waals surface area contributed by atoms with Gasteiger partial charge in [0.05, 0.1) is 0 Å². The smallest absolute Gasteiger partial charge is 0.00979 e. The molecule has 22 heavy (non-hydrogen) atoms. The average molecular weight is 291 g/mol. The zero-order valence-electron chi connectivity index (χ0n) is 13.5. The lowest BCUT2D eigenvalue weighted by molar-refractivity contribution is 0.382. The van der Waals surface area contributed by atoms with E-state index < -0.39 is 0 Å². The highest BCUT2D eigenvalue weighted by atomic mass is 15.1. The minimum atomic E-state index is 0.589. The third-order valence-corrected chi connectivity index (χ3v) is 5.58. The molecule has 2 aromatic rings. The van der Waals surface area contributed by atoms with Gasteiger partial charge in [0.15, 0.2) is 0 Å². The van der Waals surface area contributed by atoms with E-state index in [9.17, 15) is 0 Å². The van der Waals surface area contributed by atoms with E-state index in [-0.39, 0.29) is 0 Å². The zero-order chi connectivity index (χ0) is 14.9. The summed E-state index contributed by atoms with van der Waals surface area (Å²) in [5, 5.41) is 0. The van der Waals surface area contributed by atoms with E-state index >= 15 is 0 Å². The minimum Gasteiger partial charge on any atom is -0.306 e. The fraction of sp³-hybridized carbons (Fsp3) is 0.429. The number of hydrogen-bond donors (Lipinski definition) is 0. The summed E-state index contributed by atoms with van der Waals surface area (Å²) in [5.41, 5.74) is 6.30. The second-order valence-electron chi connectivity index (χ2n) is 7.10. The Morgan fingerprint density at radius 3 is 2.05 bits per heavy atom. The molecule has 0 spiro atoms. The van der Waals surface area contributed by atoms with E-state index in [1.165, 1.54) is 38.8 Å². The predicted octanol–water partition coefficient (Wildman–Crippen LogP) is 4.26. The maximum Gasteiger partial charge on any atom is 0.00979 e. The molecule has 0 bridgehead atoms. The molecule has 0 saturated carbocycles. The quantitative estimate of drug-likeness (QED) is 0.799. The topological polar surface area (TPSA) is 3.24 Å². The molecule has 0 aromatic heterocycles. The largest absolute Gasteiger partial charge is 0.306 e. The van der Waals surface area contributed by atoms with Crippen molar-refractivity contribution < 1.29 is 0 Å². The van der Waals surface area contributed by atoms with Crippen LogP contribution in [0.5, 0.6) is 0 Å². The third kappa shape index (κ3) is 2.59. The van der Waals surface area contributed by atoms with Gasteiger partial charge in [0.25, 0.3) is 0 Å². The molecule has 0 amide bonds. The number of fused-ring (bicyclic) bond motifs is 2. The molecular weight excluding hydrogens is 266 g/mol. The van der Waals surface area contributed by atoms with Crippen molar-refractivity contribution in [3.63, 3.8) is 0 Å². The van der Waals surface area contributed by atoms with Gasteiger partial charge in [-0.1, -0.05) is 48.5 Å². The Morgan fingerprint density at radius 1 is 0.909 bits per heavy atom. The molecule has 1 heterocycles. The second kappa shape index (κ2) is 5.89. The van der Waals surface area contributed by atoms with E-state index in [0.29, 0.717) is 5.92 Å².